The van der Waals surface area contributed by atoms with E-state index >= 15 is 0 Å². The summed E-state index contributed by atoms with van der Waals surface area (Å²) in [7, 11) is 0. The quantitative estimate of drug-likeness (QED) is 0.770. The molecule has 0 aliphatic carbocycles. The van der Waals surface area contributed by atoms with E-state index < -0.39 is 0 Å². The van der Waals surface area contributed by atoms with Gasteiger partial charge in [0.2, 0.25) is 0 Å². The van der Waals surface area contributed by atoms with Crippen molar-refractivity contribution in [2.24, 2.45) is 0 Å². The van der Waals surface area contributed by atoms with Gasteiger partial charge in [0.1, 0.15) is 5.82 Å². The first-order valence-corrected chi connectivity index (χ1v) is 4.76. The Morgan fingerprint density at radius 3 is 2.36 bits per heavy atom. The van der Waals surface area contributed by atoms with Gasteiger partial charge in [0.25, 0.3) is 0 Å². The number of aryl methyl sites for hydroxylation is 1. The largest absolute Gasteiger partial charge is 0.249 e. The zero-order valence-corrected chi connectivity index (χ0v) is 10.1. The van der Waals surface area contributed by atoms with E-state index in [0.717, 1.165) is 15.4 Å². The number of benzene rings is 1. The highest BCUT2D eigenvalue weighted by molar-refractivity contribution is 8.93. The van der Waals surface area contributed by atoms with Crippen molar-refractivity contribution in [1.82, 2.24) is 4.98 Å². The molecule has 14 heavy (non-hydrogen) atoms. The monoisotopic (exact) mass is 273 g/mol. The van der Waals surface area contributed by atoms with Gasteiger partial charge in [-0.3, -0.25) is 0 Å². The summed E-state index contributed by atoms with van der Waals surface area (Å²) in [6.45, 7) is 1.96. The van der Waals surface area contributed by atoms with Crippen molar-refractivity contribution >= 4 is 28.3 Å². The number of hydrogen-bond acceptors (Lipinski definition) is 2. The van der Waals surface area contributed by atoms with Crippen molar-refractivity contribution in [3.05, 3.63) is 41.3 Å². The predicted molar refractivity (Wildman–Crippen MR) is 62.6 cm³/mol. The lowest BCUT2D eigenvalue weighted by atomic mass is 10.2. The van der Waals surface area contributed by atoms with Gasteiger partial charge >= 0.3 is 0 Å². The minimum absolute atomic E-state index is 0. The summed E-state index contributed by atoms with van der Waals surface area (Å²) < 4.78 is 12.6. The third-order valence-corrected chi connectivity index (χ3v) is 2.71. The van der Waals surface area contributed by atoms with E-state index in [9.17, 15) is 4.39 Å². The highest BCUT2D eigenvalue weighted by Gasteiger charge is 2.00. The Morgan fingerprint density at radius 2 is 1.86 bits per heavy atom. The maximum Gasteiger partial charge on any atom is 0.123 e. The van der Waals surface area contributed by atoms with Crippen LogP contribution in [0.5, 0.6) is 0 Å². The minimum Gasteiger partial charge on any atom is -0.249 e. The van der Waals surface area contributed by atoms with Crippen LogP contribution in [0.4, 0.5) is 4.39 Å². The van der Waals surface area contributed by atoms with Crippen LogP contribution in [0.3, 0.4) is 0 Å². The Morgan fingerprint density at radius 1 is 1.21 bits per heavy atom. The van der Waals surface area contributed by atoms with E-state index in [0.29, 0.717) is 0 Å². The number of thiazole rings is 1. The van der Waals surface area contributed by atoms with Gasteiger partial charge in [-0.05, 0) is 24.6 Å². The summed E-state index contributed by atoms with van der Waals surface area (Å²) in [5.74, 6) is -0.204. The summed E-state index contributed by atoms with van der Waals surface area (Å²) >= 11 is 1.61. The molecule has 74 valence electrons. The zero-order valence-electron chi connectivity index (χ0n) is 7.53. The van der Waals surface area contributed by atoms with Gasteiger partial charge in [0, 0.05) is 6.20 Å². The van der Waals surface area contributed by atoms with E-state index in [4.69, 9.17) is 0 Å². The Kier molecular flexibility index (Phi) is 3.77. The molecule has 0 fully saturated rings. The SMILES string of the molecule is Br.Cc1ncc(-c2ccc(F)cc2)s1. The molecule has 0 saturated carbocycles. The molecule has 0 aliphatic rings. The third kappa shape index (κ3) is 2.39. The topological polar surface area (TPSA) is 12.9 Å². The Hall–Kier alpha value is -0.740. The molecule has 0 aliphatic heterocycles. The predicted octanol–water partition coefficient (Wildman–Crippen LogP) is 3.84. The standard InChI is InChI=1S/C10H8FNS.BrH/c1-7-12-6-10(13-7)8-2-4-9(11)5-3-8;/h2-6H,1H3;1H. The minimum atomic E-state index is -0.204. The number of rotatable bonds is 1. The van der Waals surface area contributed by atoms with Gasteiger partial charge in [0.05, 0.1) is 9.88 Å². The van der Waals surface area contributed by atoms with E-state index in [1.807, 2.05) is 13.1 Å². The van der Waals surface area contributed by atoms with Crippen LogP contribution in [0.15, 0.2) is 30.5 Å². The Bertz CT molecular complexity index is 410. The number of hydrogen-bond donors (Lipinski definition) is 0. The normalized spacial score (nSPS) is 9.57. The van der Waals surface area contributed by atoms with Gasteiger partial charge in [-0.1, -0.05) is 12.1 Å². The summed E-state index contributed by atoms with van der Waals surface area (Å²) in [6, 6.07) is 6.46. The van der Waals surface area contributed by atoms with Crippen LogP contribution in [0.2, 0.25) is 0 Å². The Balaban J connectivity index is 0.000000980. The van der Waals surface area contributed by atoms with Crippen molar-refractivity contribution in [2.45, 2.75) is 6.92 Å². The van der Waals surface area contributed by atoms with Gasteiger partial charge in [0.15, 0.2) is 0 Å². The van der Waals surface area contributed by atoms with Gasteiger partial charge in [-0.15, -0.1) is 28.3 Å². The first-order valence-electron chi connectivity index (χ1n) is 3.94. The van der Waals surface area contributed by atoms with Crippen LogP contribution < -0.4 is 0 Å². The molecular formula is C10H9BrFNS. The van der Waals surface area contributed by atoms with Crippen LogP contribution in [0, 0.1) is 12.7 Å². The molecule has 0 bridgehead atoms. The molecule has 4 heteroatoms. The fraction of sp³-hybridized carbons (Fsp3) is 0.100. The maximum absolute atomic E-state index is 12.6. The van der Waals surface area contributed by atoms with Crippen molar-refractivity contribution < 1.29 is 4.39 Å². The van der Waals surface area contributed by atoms with Crippen LogP contribution in [0.1, 0.15) is 5.01 Å². The summed E-state index contributed by atoms with van der Waals surface area (Å²) in [4.78, 5) is 5.22. The molecule has 1 nitrogen and oxygen atoms in total. The zero-order chi connectivity index (χ0) is 9.26. The second-order valence-electron chi connectivity index (χ2n) is 2.75. The second-order valence-corrected chi connectivity index (χ2v) is 3.99. The van der Waals surface area contributed by atoms with Gasteiger partial charge in [-0.25, -0.2) is 9.37 Å². The van der Waals surface area contributed by atoms with Crippen molar-refractivity contribution in [1.29, 1.82) is 0 Å². The molecule has 0 unspecified atom stereocenters. The molecule has 1 aromatic carbocycles. The lowest BCUT2D eigenvalue weighted by Gasteiger charge is -1.94. The lowest BCUT2D eigenvalue weighted by Crippen LogP contribution is -1.73. The summed E-state index contributed by atoms with van der Waals surface area (Å²) in [5.41, 5.74) is 1.02. The van der Waals surface area contributed by atoms with Crippen LogP contribution in [-0.2, 0) is 0 Å². The number of aromatic nitrogens is 1. The average molecular weight is 274 g/mol. The Labute approximate surface area is 96.4 Å². The molecule has 0 radical (unpaired) electrons. The smallest absolute Gasteiger partial charge is 0.123 e. The molecule has 0 spiro atoms. The number of nitrogens with zero attached hydrogens (tertiary/aromatic N) is 1. The van der Waals surface area contributed by atoms with E-state index in [2.05, 4.69) is 4.98 Å². The summed E-state index contributed by atoms with van der Waals surface area (Å²) in [5, 5.41) is 1.03. The molecule has 1 aromatic heterocycles. The maximum atomic E-state index is 12.6. The molecule has 0 amide bonds. The first kappa shape index (κ1) is 11.3. The van der Waals surface area contributed by atoms with Crippen molar-refractivity contribution in [3.8, 4) is 10.4 Å². The van der Waals surface area contributed by atoms with Crippen LogP contribution >= 0.6 is 28.3 Å². The molecule has 0 saturated heterocycles. The van der Waals surface area contributed by atoms with Crippen LogP contribution in [0.25, 0.3) is 10.4 Å². The molecular weight excluding hydrogens is 265 g/mol. The lowest BCUT2D eigenvalue weighted by molar-refractivity contribution is 0.628. The van der Waals surface area contributed by atoms with Crippen LogP contribution in [-0.4, -0.2) is 4.98 Å². The summed E-state index contributed by atoms with van der Waals surface area (Å²) in [6.07, 6.45) is 1.81. The number of halogens is 2. The van der Waals surface area contributed by atoms with Crippen molar-refractivity contribution in [2.75, 3.05) is 0 Å². The van der Waals surface area contributed by atoms with Gasteiger partial charge < -0.3 is 0 Å². The fourth-order valence-corrected chi connectivity index (χ4v) is 1.89. The third-order valence-electron chi connectivity index (χ3n) is 1.75. The molecule has 0 atom stereocenters. The van der Waals surface area contributed by atoms with E-state index in [1.54, 1.807) is 23.5 Å². The molecule has 1 heterocycles. The highest BCUT2D eigenvalue weighted by Crippen LogP contribution is 2.25. The highest BCUT2D eigenvalue weighted by atomic mass is 79.9. The molecule has 2 rings (SSSR count). The fourth-order valence-electron chi connectivity index (χ4n) is 1.11. The van der Waals surface area contributed by atoms with Gasteiger partial charge in [-0.2, -0.15) is 0 Å². The second kappa shape index (κ2) is 4.66. The molecule has 2 aromatic rings. The first-order chi connectivity index (χ1) is 6.25. The van der Waals surface area contributed by atoms with Crippen molar-refractivity contribution in [3.63, 3.8) is 0 Å². The molecule has 0 N–H and O–H groups in total. The van der Waals surface area contributed by atoms with E-state index in [1.165, 1.54) is 12.1 Å². The average Bonchev–Trinajstić information content (AvgIpc) is 2.53. The van der Waals surface area contributed by atoms with E-state index in [-0.39, 0.29) is 22.8 Å².